The van der Waals surface area contributed by atoms with Crippen LogP contribution in [0.25, 0.3) is 0 Å². The van der Waals surface area contributed by atoms with Crippen molar-refractivity contribution in [1.82, 2.24) is 0 Å². The molecule has 0 spiro atoms. The maximum atomic E-state index is 11.8. The number of aliphatic hydroxyl groups excluding tert-OH is 1. The van der Waals surface area contributed by atoms with Crippen molar-refractivity contribution >= 4 is 11.8 Å². The number of carbonyl (C=O) groups is 2. The molecule has 110 valence electrons. The number of benzene rings is 1. The largest absolute Gasteiger partial charge is 0.481 e. The molecule has 0 fully saturated rings. The topological polar surface area (TPSA) is 101 Å². The Morgan fingerprint density at radius 2 is 1.80 bits per heavy atom. The quantitative estimate of drug-likeness (QED) is 0.688. The van der Waals surface area contributed by atoms with Crippen molar-refractivity contribution in [3.05, 3.63) is 35.4 Å². The van der Waals surface area contributed by atoms with E-state index >= 15 is 0 Å². The fourth-order valence-corrected chi connectivity index (χ4v) is 1.90. The van der Waals surface area contributed by atoms with Gasteiger partial charge in [0.15, 0.2) is 5.78 Å². The van der Waals surface area contributed by atoms with E-state index in [0.29, 0.717) is 0 Å². The van der Waals surface area contributed by atoms with Crippen molar-refractivity contribution in [1.29, 1.82) is 0 Å². The molecule has 0 aliphatic heterocycles. The summed E-state index contributed by atoms with van der Waals surface area (Å²) in [4.78, 5) is 23.0. The van der Waals surface area contributed by atoms with Crippen molar-refractivity contribution in [3.63, 3.8) is 0 Å². The number of aliphatic hydroxyl groups is 1. The molecule has 0 heterocycles. The molecule has 3 atom stereocenters. The average Bonchev–Trinajstić information content (AvgIpc) is 2.39. The third kappa shape index (κ3) is 4.75. The van der Waals surface area contributed by atoms with Gasteiger partial charge in [-0.25, -0.2) is 0 Å². The molecule has 1 aromatic rings. The Kier molecular flexibility index (Phi) is 5.85. The van der Waals surface area contributed by atoms with Gasteiger partial charge in [0.2, 0.25) is 0 Å². The highest BCUT2D eigenvalue weighted by molar-refractivity contribution is 5.88. The van der Waals surface area contributed by atoms with Gasteiger partial charge >= 0.3 is 5.97 Å². The lowest BCUT2D eigenvalue weighted by Gasteiger charge is -2.17. The van der Waals surface area contributed by atoms with E-state index in [-0.39, 0.29) is 12.8 Å². The Morgan fingerprint density at radius 3 is 2.25 bits per heavy atom. The minimum atomic E-state index is -1.03. The second-order valence-corrected chi connectivity index (χ2v) is 5.16. The van der Waals surface area contributed by atoms with E-state index in [0.717, 1.165) is 11.1 Å². The highest BCUT2D eigenvalue weighted by Gasteiger charge is 2.26. The third-order valence-corrected chi connectivity index (χ3v) is 3.29. The van der Waals surface area contributed by atoms with Crippen molar-refractivity contribution < 1.29 is 19.8 Å². The van der Waals surface area contributed by atoms with Gasteiger partial charge in [0.1, 0.15) is 0 Å². The summed E-state index contributed by atoms with van der Waals surface area (Å²) in [5.74, 6) is -2.29. The zero-order chi connectivity index (χ0) is 15.3. The smallest absolute Gasteiger partial charge is 0.307 e. The molecule has 1 rings (SSSR count). The predicted molar refractivity (Wildman–Crippen MR) is 75.3 cm³/mol. The first-order valence-electron chi connectivity index (χ1n) is 6.56. The van der Waals surface area contributed by atoms with Crippen molar-refractivity contribution in [3.8, 4) is 0 Å². The van der Waals surface area contributed by atoms with Crippen molar-refractivity contribution in [2.24, 2.45) is 11.7 Å². The van der Waals surface area contributed by atoms with Gasteiger partial charge in [-0.2, -0.15) is 0 Å². The fourth-order valence-electron chi connectivity index (χ4n) is 1.90. The van der Waals surface area contributed by atoms with E-state index in [9.17, 15) is 19.8 Å². The van der Waals surface area contributed by atoms with Crippen LogP contribution in [-0.2, 0) is 16.0 Å². The Morgan fingerprint density at radius 1 is 1.25 bits per heavy atom. The second-order valence-electron chi connectivity index (χ2n) is 5.16. The number of hydrogen-bond acceptors (Lipinski definition) is 4. The molecule has 0 radical (unpaired) electrons. The van der Waals surface area contributed by atoms with Crippen LogP contribution in [0.2, 0.25) is 0 Å². The van der Waals surface area contributed by atoms with E-state index in [4.69, 9.17) is 5.73 Å². The molecule has 1 unspecified atom stereocenters. The maximum absolute atomic E-state index is 11.8. The van der Waals surface area contributed by atoms with Gasteiger partial charge in [-0.05, 0) is 25.8 Å². The predicted octanol–water partition coefficient (Wildman–Crippen LogP) is 0.906. The van der Waals surface area contributed by atoms with Crippen LogP contribution in [0.5, 0.6) is 0 Å². The number of carboxylic acids is 1. The van der Waals surface area contributed by atoms with Crippen LogP contribution in [0, 0.1) is 12.8 Å². The number of nitrogens with two attached hydrogens (primary N) is 1. The van der Waals surface area contributed by atoms with E-state index < -0.39 is 29.8 Å². The number of carbonyl (C=O) groups excluding carboxylic acids is 1. The van der Waals surface area contributed by atoms with E-state index in [1.165, 1.54) is 6.92 Å². The molecule has 0 aliphatic rings. The summed E-state index contributed by atoms with van der Waals surface area (Å²) in [6, 6.07) is 6.47. The maximum Gasteiger partial charge on any atom is 0.307 e. The molecule has 5 nitrogen and oxygen atoms in total. The van der Waals surface area contributed by atoms with Crippen LogP contribution in [0.3, 0.4) is 0 Å². The first-order chi connectivity index (χ1) is 9.31. The molecule has 1 aromatic carbocycles. The summed E-state index contributed by atoms with van der Waals surface area (Å²) in [6.45, 7) is 3.36. The summed E-state index contributed by atoms with van der Waals surface area (Å²) in [7, 11) is 0. The minimum absolute atomic E-state index is 0.171. The third-order valence-electron chi connectivity index (χ3n) is 3.29. The lowest BCUT2D eigenvalue weighted by molar-refractivity contribution is -0.144. The first-order valence-corrected chi connectivity index (χ1v) is 6.56. The number of ketones is 1. The van der Waals surface area contributed by atoms with Gasteiger partial charge in [0.25, 0.3) is 0 Å². The van der Waals surface area contributed by atoms with Crippen LogP contribution in [0.1, 0.15) is 24.5 Å². The van der Waals surface area contributed by atoms with Gasteiger partial charge in [0, 0.05) is 6.42 Å². The molecule has 0 aromatic heterocycles. The minimum Gasteiger partial charge on any atom is -0.481 e. The Bertz CT molecular complexity index is 467. The Hall–Kier alpha value is -1.72. The molecule has 5 heteroatoms. The number of aliphatic carboxylic acids is 1. The van der Waals surface area contributed by atoms with Crippen molar-refractivity contribution in [2.45, 2.75) is 38.8 Å². The van der Waals surface area contributed by atoms with Gasteiger partial charge in [-0.15, -0.1) is 0 Å². The molecule has 0 saturated heterocycles. The summed E-state index contributed by atoms with van der Waals surface area (Å²) in [5, 5.41) is 18.5. The van der Waals surface area contributed by atoms with Gasteiger partial charge < -0.3 is 15.9 Å². The van der Waals surface area contributed by atoms with Crippen LogP contribution in [0.15, 0.2) is 24.3 Å². The molecule has 4 N–H and O–H groups in total. The number of Topliss-reactive ketones (excluding diaryl/α,β-unsaturated/α-hetero) is 1. The number of carboxylic acid groups (broad SMARTS) is 1. The van der Waals surface area contributed by atoms with Gasteiger partial charge in [-0.1, -0.05) is 29.8 Å². The van der Waals surface area contributed by atoms with Crippen LogP contribution in [0.4, 0.5) is 0 Å². The van der Waals surface area contributed by atoms with E-state index in [1.54, 1.807) is 0 Å². The van der Waals surface area contributed by atoms with Crippen LogP contribution < -0.4 is 5.73 Å². The van der Waals surface area contributed by atoms with E-state index in [1.807, 2.05) is 31.2 Å². The molecule has 0 amide bonds. The normalized spacial score (nSPS) is 15.4. The second kappa shape index (κ2) is 7.17. The molecule has 0 saturated carbocycles. The lowest BCUT2D eigenvalue weighted by Crippen LogP contribution is -2.41. The first kappa shape index (κ1) is 16.3. The van der Waals surface area contributed by atoms with Crippen molar-refractivity contribution in [2.75, 3.05) is 0 Å². The fraction of sp³-hybridized carbons (Fsp3) is 0.467. The summed E-state index contributed by atoms with van der Waals surface area (Å²) in [6.07, 6.45) is -0.875. The van der Waals surface area contributed by atoms with Crippen LogP contribution >= 0.6 is 0 Å². The lowest BCUT2D eigenvalue weighted by atomic mass is 9.91. The Balaban J connectivity index is 2.72. The number of aryl methyl sites for hydroxylation is 1. The highest BCUT2D eigenvalue weighted by atomic mass is 16.4. The van der Waals surface area contributed by atoms with Gasteiger partial charge in [-0.3, -0.25) is 9.59 Å². The zero-order valence-corrected chi connectivity index (χ0v) is 11.7. The number of hydrogen-bond donors (Lipinski definition) is 3. The Labute approximate surface area is 118 Å². The molecular formula is C15H21NO4. The molecule has 20 heavy (non-hydrogen) atoms. The van der Waals surface area contributed by atoms with E-state index in [2.05, 4.69) is 0 Å². The molecule has 0 bridgehead atoms. The SMILES string of the molecule is Cc1ccc(CC(CC(=O)[C@@H](N)[C@@H](C)O)C(=O)O)cc1. The average molecular weight is 279 g/mol. The molecular weight excluding hydrogens is 258 g/mol. The zero-order valence-electron chi connectivity index (χ0n) is 11.7. The number of rotatable bonds is 7. The highest BCUT2D eigenvalue weighted by Crippen LogP contribution is 2.15. The summed E-state index contributed by atoms with van der Waals surface area (Å²) < 4.78 is 0. The summed E-state index contributed by atoms with van der Waals surface area (Å²) >= 11 is 0. The monoisotopic (exact) mass is 279 g/mol. The van der Waals surface area contributed by atoms with Crippen LogP contribution in [-0.4, -0.2) is 34.1 Å². The van der Waals surface area contributed by atoms with Gasteiger partial charge in [0.05, 0.1) is 18.1 Å². The summed E-state index contributed by atoms with van der Waals surface area (Å²) in [5.41, 5.74) is 7.48. The standard InChI is InChI=1S/C15H21NO4/c1-9-3-5-11(6-4-9)7-12(15(19)20)8-13(18)14(16)10(2)17/h3-6,10,12,14,17H,7-8,16H2,1-2H3,(H,19,20)/t10-,12?,14+/m1/s1. The molecule has 0 aliphatic carbocycles.